The SMILES string of the molecule is C=C(/C=C\C=C/C)[C@@H](NC(=O)C1CC1)C(=O)N1CCC[C@H]1c1ncc(-c2ccc3c(c2)COc2cc4c(ccc5nc([C@@H]6C[C@H](COCC7CCCC7)CN6C(=O)[C@@H](NC(=O)OC)C(C)C)[nH]c54)cc2-3)[nH]1. The number of carbonyl (C=O) groups excluding carboxylic acids is 4. The Morgan fingerprint density at radius 1 is 0.887 bits per heavy atom. The molecule has 4 N–H and O–H groups in total. The number of hydrogen-bond donors (Lipinski definition) is 4. The number of hydrogen-bond acceptors (Lipinski definition) is 9. The molecule has 2 saturated carbocycles. The van der Waals surface area contributed by atoms with Gasteiger partial charge in [0.2, 0.25) is 17.7 Å². The Balaban J connectivity index is 0.881. The molecule has 2 saturated heterocycles. The highest BCUT2D eigenvalue weighted by atomic mass is 16.5. The third-order valence-electron chi connectivity index (χ3n) is 15.2. The van der Waals surface area contributed by atoms with Crippen LogP contribution in [0.25, 0.3) is 44.2 Å². The topological polar surface area (TPSA) is 184 Å². The molecule has 5 aromatic rings. The van der Waals surface area contributed by atoms with Crippen molar-refractivity contribution in [1.29, 1.82) is 0 Å². The minimum absolute atomic E-state index is 0.0416. The zero-order chi connectivity index (χ0) is 49.3. The standard InChI is InChI=1S/C56H66N8O7/c1-6-7-8-12-33(4)49(61-53(65)36-16-17-36)55(67)63-22-11-15-45(63)51-57-27-44(59-51)38-18-20-40-39(24-38)31-71-47-26-41-37(25-42(40)47)19-21-43-50(41)60-52(58-43)46-23-35(30-70-29-34-13-9-10-14-34)28-64(46)54(66)48(32(2)3)62-56(68)69-5/h6-8,12,18-21,24-27,32,34-36,45-46,48-49H,4,9-11,13-17,22-23,28-31H2,1-3,5H3,(H,57,59)(H,58,60)(H,61,65)(H,62,68)/b7-6-,12-8-/t35-,45-,46-,48-,49+/m0/s1. The van der Waals surface area contributed by atoms with Crippen LogP contribution in [0, 0.1) is 23.7 Å². The van der Waals surface area contributed by atoms with Gasteiger partial charge in [-0.1, -0.05) is 75.8 Å². The average Bonchev–Trinajstić information content (AvgIpc) is 3.97. The maximum atomic E-state index is 14.4. The second kappa shape index (κ2) is 20.5. The summed E-state index contributed by atoms with van der Waals surface area (Å²) < 4.78 is 17.7. The van der Waals surface area contributed by atoms with E-state index >= 15 is 0 Å². The van der Waals surface area contributed by atoms with Gasteiger partial charge in [-0.2, -0.15) is 0 Å². The summed E-state index contributed by atoms with van der Waals surface area (Å²) in [7, 11) is 1.30. The van der Waals surface area contributed by atoms with E-state index in [-0.39, 0.29) is 47.6 Å². The summed E-state index contributed by atoms with van der Waals surface area (Å²) in [4.78, 5) is 74.7. The van der Waals surface area contributed by atoms with Gasteiger partial charge >= 0.3 is 6.09 Å². The molecule has 0 unspecified atom stereocenters. The van der Waals surface area contributed by atoms with Gasteiger partial charge in [0.15, 0.2) is 0 Å². The van der Waals surface area contributed by atoms with Crippen molar-refractivity contribution >= 4 is 45.6 Å². The van der Waals surface area contributed by atoms with Crippen molar-refractivity contribution in [2.24, 2.45) is 23.7 Å². The Morgan fingerprint density at radius 3 is 2.48 bits per heavy atom. The molecule has 4 fully saturated rings. The Kier molecular flexibility index (Phi) is 13.9. The molecule has 4 amide bonds. The lowest BCUT2D eigenvalue weighted by atomic mass is 9.92. The van der Waals surface area contributed by atoms with Crippen LogP contribution in [0.3, 0.4) is 0 Å². The van der Waals surface area contributed by atoms with Gasteiger partial charge in [-0.3, -0.25) is 14.4 Å². The van der Waals surface area contributed by atoms with Gasteiger partial charge in [-0.05, 0) is 116 Å². The molecular weight excluding hydrogens is 897 g/mol. The monoisotopic (exact) mass is 963 g/mol. The molecule has 3 aliphatic heterocycles. The third kappa shape index (κ3) is 9.98. The van der Waals surface area contributed by atoms with Crippen LogP contribution in [0.5, 0.6) is 5.75 Å². The molecule has 3 aromatic carbocycles. The average molecular weight is 963 g/mol. The van der Waals surface area contributed by atoms with Crippen molar-refractivity contribution in [3.63, 3.8) is 0 Å². The van der Waals surface area contributed by atoms with Gasteiger partial charge in [-0.15, -0.1) is 0 Å². The predicted molar refractivity (Wildman–Crippen MR) is 272 cm³/mol. The molecule has 0 radical (unpaired) electrons. The molecule has 0 bridgehead atoms. The number of amides is 4. The van der Waals surface area contributed by atoms with Crippen LogP contribution in [0.2, 0.25) is 0 Å². The smallest absolute Gasteiger partial charge is 0.407 e. The van der Waals surface area contributed by atoms with Gasteiger partial charge in [0.05, 0.1) is 48.7 Å². The Labute approximate surface area is 414 Å². The molecule has 372 valence electrons. The first-order chi connectivity index (χ1) is 34.5. The summed E-state index contributed by atoms with van der Waals surface area (Å²) in [5.41, 5.74) is 7.12. The minimum atomic E-state index is -0.852. The molecule has 2 aliphatic carbocycles. The van der Waals surface area contributed by atoms with Crippen molar-refractivity contribution in [2.75, 3.05) is 33.4 Å². The molecule has 15 nitrogen and oxygen atoms in total. The summed E-state index contributed by atoms with van der Waals surface area (Å²) in [6.45, 7) is 12.7. The molecule has 5 heterocycles. The third-order valence-corrected chi connectivity index (χ3v) is 15.2. The number of rotatable bonds is 16. The van der Waals surface area contributed by atoms with Crippen LogP contribution in [-0.2, 0) is 30.5 Å². The van der Waals surface area contributed by atoms with E-state index < -0.39 is 18.2 Å². The Bertz CT molecular complexity index is 2910. The normalized spacial score (nSPS) is 21.0. The van der Waals surface area contributed by atoms with Gasteiger partial charge < -0.3 is 44.6 Å². The molecule has 0 spiro atoms. The van der Waals surface area contributed by atoms with Crippen molar-refractivity contribution in [3.8, 4) is 28.1 Å². The lowest BCUT2D eigenvalue weighted by molar-refractivity contribution is -0.136. The fourth-order valence-electron chi connectivity index (χ4n) is 11.1. The first kappa shape index (κ1) is 47.9. The van der Waals surface area contributed by atoms with E-state index in [2.05, 4.69) is 63.6 Å². The van der Waals surface area contributed by atoms with E-state index in [0.29, 0.717) is 55.9 Å². The fraction of sp³-hybridized carbons (Fsp3) is 0.464. The number of nitrogens with one attached hydrogen (secondary N) is 4. The van der Waals surface area contributed by atoms with E-state index in [9.17, 15) is 19.2 Å². The Morgan fingerprint density at radius 2 is 1.70 bits per heavy atom. The lowest BCUT2D eigenvalue weighted by Gasteiger charge is -2.30. The number of fused-ring (bicyclic) bond motifs is 6. The van der Waals surface area contributed by atoms with Crippen LogP contribution in [0.1, 0.15) is 108 Å². The highest BCUT2D eigenvalue weighted by molar-refractivity contribution is 6.07. The van der Waals surface area contributed by atoms with E-state index in [1.807, 2.05) is 61.1 Å². The second-order valence-electron chi connectivity index (χ2n) is 20.5. The van der Waals surface area contributed by atoms with Crippen molar-refractivity contribution in [3.05, 3.63) is 102 Å². The van der Waals surface area contributed by atoms with Gasteiger partial charge in [0.25, 0.3) is 0 Å². The zero-order valence-electron chi connectivity index (χ0n) is 41.3. The molecule has 5 atom stereocenters. The molecule has 10 rings (SSSR count). The van der Waals surface area contributed by atoms with E-state index in [4.69, 9.17) is 24.2 Å². The molecule has 2 aromatic heterocycles. The number of likely N-dealkylation sites (tertiary alicyclic amines) is 2. The minimum Gasteiger partial charge on any atom is -0.488 e. The van der Waals surface area contributed by atoms with E-state index in [1.165, 1.54) is 32.8 Å². The number of H-pyrrole nitrogens is 2. The number of nitrogens with zero attached hydrogens (tertiary/aromatic N) is 4. The second-order valence-corrected chi connectivity index (χ2v) is 20.5. The highest BCUT2D eigenvalue weighted by Crippen LogP contribution is 2.44. The summed E-state index contributed by atoms with van der Waals surface area (Å²) in [6.07, 6.45) is 17.5. The van der Waals surface area contributed by atoms with Crippen molar-refractivity contribution < 1.29 is 33.4 Å². The number of methoxy groups -OCH3 is 1. The quantitative estimate of drug-likeness (QED) is 0.0700. The lowest BCUT2D eigenvalue weighted by Crippen LogP contribution is -2.51. The van der Waals surface area contributed by atoms with E-state index in [0.717, 1.165) is 87.8 Å². The zero-order valence-corrected chi connectivity index (χ0v) is 41.3. The number of benzene rings is 3. The van der Waals surface area contributed by atoms with Crippen molar-refractivity contribution in [2.45, 2.75) is 109 Å². The van der Waals surface area contributed by atoms with E-state index in [1.54, 1.807) is 6.08 Å². The summed E-state index contributed by atoms with van der Waals surface area (Å²) >= 11 is 0. The first-order valence-corrected chi connectivity index (χ1v) is 25.6. The van der Waals surface area contributed by atoms with Crippen LogP contribution < -0.4 is 15.4 Å². The number of ether oxygens (including phenoxy) is 3. The highest BCUT2D eigenvalue weighted by Gasteiger charge is 2.43. The number of carbonyl (C=O) groups is 4. The van der Waals surface area contributed by atoms with Crippen LogP contribution in [0.15, 0.2) is 85.1 Å². The molecular formula is C56H66N8O7. The van der Waals surface area contributed by atoms with Gasteiger partial charge in [-0.25, -0.2) is 14.8 Å². The number of aromatic amines is 2. The molecule has 71 heavy (non-hydrogen) atoms. The largest absolute Gasteiger partial charge is 0.488 e. The maximum absolute atomic E-state index is 14.4. The number of aromatic nitrogens is 4. The summed E-state index contributed by atoms with van der Waals surface area (Å²) in [5, 5.41) is 7.77. The van der Waals surface area contributed by atoms with Gasteiger partial charge in [0, 0.05) is 42.5 Å². The number of alkyl carbamates (subject to hydrolysis) is 1. The van der Waals surface area contributed by atoms with Gasteiger partial charge in [0.1, 0.15) is 36.1 Å². The van der Waals surface area contributed by atoms with Crippen LogP contribution in [-0.4, -0.2) is 99.0 Å². The first-order valence-electron chi connectivity index (χ1n) is 25.6. The Hall–Kier alpha value is -6.74. The predicted octanol–water partition coefficient (Wildman–Crippen LogP) is 9.39. The van der Waals surface area contributed by atoms with Crippen LogP contribution >= 0.6 is 0 Å². The van der Waals surface area contributed by atoms with Crippen LogP contribution in [0.4, 0.5) is 4.79 Å². The number of allylic oxidation sites excluding steroid dienone is 3. The maximum Gasteiger partial charge on any atom is 0.407 e. The molecule has 5 aliphatic rings. The van der Waals surface area contributed by atoms with Crippen molar-refractivity contribution in [1.82, 2.24) is 40.4 Å². The molecule has 15 heteroatoms. The number of imidazole rings is 2. The summed E-state index contributed by atoms with van der Waals surface area (Å²) in [6, 6.07) is 12.5. The summed E-state index contributed by atoms with van der Waals surface area (Å²) in [5.74, 6) is 2.24. The fourth-order valence-corrected chi connectivity index (χ4v) is 11.1.